The minimum Gasteiger partial charge on any atom is -0.497 e. The fraction of sp³-hybridized carbons (Fsp3) is 0.115. The van der Waals surface area contributed by atoms with E-state index in [0.29, 0.717) is 35.0 Å². The number of ether oxygens (including phenoxy) is 3. The van der Waals surface area contributed by atoms with Gasteiger partial charge in [-0.2, -0.15) is 0 Å². The lowest BCUT2D eigenvalue weighted by Gasteiger charge is -2.07. The van der Waals surface area contributed by atoms with Crippen LogP contribution >= 0.6 is 11.8 Å². The maximum Gasteiger partial charge on any atom is 0.342 e. The van der Waals surface area contributed by atoms with Crippen LogP contribution in [0.25, 0.3) is 17.5 Å². The van der Waals surface area contributed by atoms with E-state index in [4.69, 9.17) is 18.6 Å². The lowest BCUT2D eigenvalue weighted by atomic mass is 10.2. The van der Waals surface area contributed by atoms with Gasteiger partial charge in [0.25, 0.3) is 5.22 Å². The summed E-state index contributed by atoms with van der Waals surface area (Å²) in [5.74, 6) is 0.850. The summed E-state index contributed by atoms with van der Waals surface area (Å²) in [6.07, 6.45) is 1.53. The van der Waals surface area contributed by atoms with E-state index in [1.165, 1.54) is 6.08 Å². The summed E-state index contributed by atoms with van der Waals surface area (Å²) in [6.45, 7) is 0.411. The van der Waals surface area contributed by atoms with E-state index in [1.54, 1.807) is 50.6 Å². The molecule has 0 aliphatic rings. The third-order valence-electron chi connectivity index (χ3n) is 4.82. The number of carboxylic acids is 1. The van der Waals surface area contributed by atoms with Crippen molar-refractivity contribution in [3.63, 3.8) is 0 Å². The lowest BCUT2D eigenvalue weighted by Crippen LogP contribution is -1.97. The number of aromatic nitrogens is 2. The number of hydrogen-bond acceptors (Lipinski definition) is 8. The summed E-state index contributed by atoms with van der Waals surface area (Å²) in [6, 6.07) is 22.1. The summed E-state index contributed by atoms with van der Waals surface area (Å²) in [7, 11) is 3.08. The van der Waals surface area contributed by atoms with Crippen molar-refractivity contribution in [2.75, 3.05) is 14.2 Å². The highest BCUT2D eigenvalue weighted by Gasteiger charge is 2.17. The molecule has 3 aromatic carbocycles. The van der Waals surface area contributed by atoms with Gasteiger partial charge in [0.15, 0.2) is 0 Å². The Labute approximate surface area is 206 Å². The molecule has 0 aliphatic heterocycles. The predicted molar refractivity (Wildman–Crippen MR) is 132 cm³/mol. The van der Waals surface area contributed by atoms with Gasteiger partial charge in [-0.15, -0.1) is 10.2 Å². The Bertz CT molecular complexity index is 1310. The van der Waals surface area contributed by atoms with Gasteiger partial charge in [0.2, 0.25) is 5.89 Å². The third kappa shape index (κ3) is 6.42. The second-order valence-corrected chi connectivity index (χ2v) is 8.23. The van der Waals surface area contributed by atoms with Gasteiger partial charge in [-0.25, -0.2) is 4.79 Å². The summed E-state index contributed by atoms with van der Waals surface area (Å²) in [4.78, 5) is 11.9. The molecule has 1 heterocycles. The molecule has 0 unspecified atom stereocenters. The molecule has 0 bridgehead atoms. The van der Waals surface area contributed by atoms with E-state index >= 15 is 0 Å². The van der Waals surface area contributed by atoms with E-state index in [0.717, 1.165) is 17.3 Å². The Morgan fingerprint density at radius 3 is 2.37 bits per heavy atom. The average Bonchev–Trinajstić information content (AvgIpc) is 3.36. The van der Waals surface area contributed by atoms with Crippen molar-refractivity contribution in [1.29, 1.82) is 0 Å². The lowest BCUT2D eigenvalue weighted by molar-refractivity contribution is -0.131. The molecule has 0 fully saturated rings. The maximum atomic E-state index is 11.9. The van der Waals surface area contributed by atoms with Gasteiger partial charge in [0, 0.05) is 11.6 Å². The number of hydrogen-bond donors (Lipinski definition) is 1. The first kappa shape index (κ1) is 23.9. The highest BCUT2D eigenvalue weighted by molar-refractivity contribution is 8.03. The van der Waals surface area contributed by atoms with Crippen LogP contribution in [-0.2, 0) is 11.4 Å². The third-order valence-corrected chi connectivity index (χ3v) is 5.67. The molecule has 4 rings (SSSR count). The minimum atomic E-state index is -1.12. The van der Waals surface area contributed by atoms with E-state index in [1.807, 2.05) is 36.4 Å². The highest BCUT2D eigenvalue weighted by Crippen LogP contribution is 2.33. The molecule has 8 nitrogen and oxygen atoms in total. The van der Waals surface area contributed by atoms with Crippen molar-refractivity contribution >= 4 is 23.8 Å². The largest absolute Gasteiger partial charge is 0.497 e. The molecule has 0 spiro atoms. The average molecular weight is 491 g/mol. The Morgan fingerprint density at radius 1 is 0.943 bits per heavy atom. The van der Waals surface area contributed by atoms with Crippen molar-refractivity contribution in [3.8, 4) is 28.7 Å². The van der Waals surface area contributed by atoms with Crippen LogP contribution < -0.4 is 14.2 Å². The molecular formula is C26H22N2O6S. The van der Waals surface area contributed by atoms with Crippen molar-refractivity contribution in [3.05, 3.63) is 88.8 Å². The normalized spacial score (nSPS) is 11.2. The topological polar surface area (TPSA) is 104 Å². The molecule has 35 heavy (non-hydrogen) atoms. The zero-order chi connectivity index (χ0) is 24.6. The number of methoxy groups -OCH3 is 2. The van der Waals surface area contributed by atoms with E-state index < -0.39 is 5.97 Å². The van der Waals surface area contributed by atoms with Crippen molar-refractivity contribution in [2.24, 2.45) is 0 Å². The summed E-state index contributed by atoms with van der Waals surface area (Å²) in [5, 5.41) is 17.8. The van der Waals surface area contributed by atoms with Gasteiger partial charge in [-0.05, 0) is 53.2 Å². The molecule has 9 heteroatoms. The number of benzene rings is 3. The SMILES string of the molecule is COc1cc(OC)cc(-c2nnc(S/C(=C\c3cccc(OCc4ccccc4)c3)C(=O)O)o2)c1. The number of thioether (sulfide) groups is 1. The van der Waals surface area contributed by atoms with Gasteiger partial charge < -0.3 is 23.7 Å². The van der Waals surface area contributed by atoms with Gasteiger partial charge in [-0.3, -0.25) is 0 Å². The molecular weight excluding hydrogens is 468 g/mol. The van der Waals surface area contributed by atoms with Gasteiger partial charge in [0.1, 0.15) is 28.8 Å². The Hall–Kier alpha value is -4.24. The molecule has 1 N–H and O–H groups in total. The second kappa shape index (κ2) is 11.3. The van der Waals surface area contributed by atoms with Crippen LogP contribution in [0.2, 0.25) is 0 Å². The molecule has 4 aromatic rings. The minimum absolute atomic E-state index is 0.0173. The fourth-order valence-corrected chi connectivity index (χ4v) is 3.79. The van der Waals surface area contributed by atoms with E-state index in [2.05, 4.69) is 10.2 Å². The van der Waals surface area contributed by atoms with Crippen molar-refractivity contribution in [2.45, 2.75) is 11.8 Å². The summed E-state index contributed by atoms with van der Waals surface area (Å²) < 4.78 is 22.1. The Balaban J connectivity index is 1.51. The van der Waals surface area contributed by atoms with Crippen LogP contribution in [0.1, 0.15) is 11.1 Å². The Kier molecular flexibility index (Phi) is 7.69. The van der Waals surface area contributed by atoms with Crippen molar-refractivity contribution < 1.29 is 28.5 Å². The van der Waals surface area contributed by atoms with Crippen LogP contribution in [-0.4, -0.2) is 35.5 Å². The van der Waals surface area contributed by atoms with Gasteiger partial charge in [-0.1, -0.05) is 42.5 Å². The van der Waals surface area contributed by atoms with Crippen LogP contribution in [0.15, 0.2) is 87.3 Å². The number of nitrogens with zero attached hydrogens (tertiary/aromatic N) is 2. The molecule has 1 aromatic heterocycles. The first-order chi connectivity index (χ1) is 17.0. The molecule has 0 saturated carbocycles. The number of rotatable bonds is 10. The number of aliphatic carboxylic acids is 1. The molecule has 0 atom stereocenters. The smallest absolute Gasteiger partial charge is 0.342 e. The second-order valence-electron chi connectivity index (χ2n) is 7.24. The molecule has 0 aliphatic carbocycles. The first-order valence-electron chi connectivity index (χ1n) is 10.5. The first-order valence-corrected chi connectivity index (χ1v) is 11.3. The number of carboxylic acid groups (broad SMARTS) is 1. The molecule has 178 valence electrons. The van der Waals surface area contributed by atoms with E-state index in [-0.39, 0.29) is 16.0 Å². The maximum absolute atomic E-state index is 11.9. The van der Waals surface area contributed by atoms with Gasteiger partial charge in [0.05, 0.1) is 14.2 Å². The quantitative estimate of drug-likeness (QED) is 0.226. The highest BCUT2D eigenvalue weighted by atomic mass is 32.2. The van der Waals surface area contributed by atoms with Crippen LogP contribution in [0, 0.1) is 0 Å². The zero-order valence-electron chi connectivity index (χ0n) is 19.0. The molecule has 0 saturated heterocycles. The predicted octanol–water partition coefficient (Wildman–Crippen LogP) is 5.55. The van der Waals surface area contributed by atoms with E-state index in [9.17, 15) is 9.90 Å². The molecule has 0 radical (unpaired) electrons. The number of carbonyl (C=O) groups is 1. The zero-order valence-corrected chi connectivity index (χ0v) is 19.8. The standard InChI is InChI=1S/C26H22N2O6S/c1-31-21-13-19(14-22(15-21)32-2)24-27-28-26(34-24)35-23(25(29)30)12-18-9-6-10-20(11-18)33-16-17-7-4-3-5-8-17/h3-15H,16H2,1-2H3,(H,29,30)/b23-12-. The van der Waals surface area contributed by atoms with Crippen molar-refractivity contribution in [1.82, 2.24) is 10.2 Å². The van der Waals surface area contributed by atoms with Crippen LogP contribution in [0.5, 0.6) is 17.2 Å². The van der Waals surface area contributed by atoms with Crippen LogP contribution in [0.3, 0.4) is 0 Å². The summed E-state index contributed by atoms with van der Waals surface area (Å²) in [5.41, 5.74) is 2.29. The summed E-state index contributed by atoms with van der Waals surface area (Å²) >= 11 is 0.861. The fourth-order valence-electron chi connectivity index (χ4n) is 3.11. The monoisotopic (exact) mass is 490 g/mol. The Morgan fingerprint density at radius 2 is 1.69 bits per heavy atom. The van der Waals surface area contributed by atoms with Crippen LogP contribution in [0.4, 0.5) is 0 Å². The van der Waals surface area contributed by atoms with Gasteiger partial charge >= 0.3 is 5.97 Å². The molecule has 0 amide bonds.